The molecule has 3 nitrogen and oxygen atoms in total. The number of aromatic nitrogens is 3. The van der Waals surface area contributed by atoms with Crippen LogP contribution in [0.5, 0.6) is 0 Å². The summed E-state index contributed by atoms with van der Waals surface area (Å²) in [6.07, 6.45) is 0. The first-order chi connectivity index (χ1) is 26.3. The molecule has 0 atom stereocenters. The Hall–Kier alpha value is -6.75. The van der Waals surface area contributed by atoms with Crippen molar-refractivity contribution in [3.63, 3.8) is 0 Å². The molecule has 11 aromatic rings. The number of thiophene rings is 1. The number of benzene rings is 8. The number of fused-ring (bicyclic) bond motifs is 7. The lowest BCUT2D eigenvalue weighted by Gasteiger charge is -2.13. The van der Waals surface area contributed by atoms with Crippen LogP contribution in [0.25, 0.3) is 98.0 Å². The first kappa shape index (κ1) is 29.9. The normalized spacial score (nSPS) is 11.8. The highest BCUT2D eigenvalue weighted by Gasteiger charge is 2.19. The molecule has 11 rings (SSSR count). The summed E-state index contributed by atoms with van der Waals surface area (Å²) >= 11 is 1.88. The van der Waals surface area contributed by atoms with Crippen molar-refractivity contribution in [2.45, 2.75) is 0 Å². The molecule has 3 heterocycles. The van der Waals surface area contributed by atoms with E-state index >= 15 is 0 Å². The standard InChI is InChI=1S/C49H31N3S/c1-3-13-32(14-4-1)33-25-27-44-41(30-33)42-31-34(38-20-12-21-40-39-19-7-10-24-47(39)53-48(38)40)26-28-45(42)51(44)37-18-11-15-35(29-37)49-50-43-22-8-9-23-46(43)52(49)36-16-5-2-6-17-36/h1-31H. The third-order valence-electron chi connectivity index (χ3n) is 10.5. The number of hydrogen-bond donors (Lipinski definition) is 0. The zero-order chi connectivity index (χ0) is 34.9. The molecular formula is C49H31N3S. The molecule has 0 radical (unpaired) electrons. The molecule has 0 bridgehead atoms. The van der Waals surface area contributed by atoms with Crippen LogP contribution < -0.4 is 0 Å². The Labute approximate surface area is 310 Å². The molecule has 53 heavy (non-hydrogen) atoms. The van der Waals surface area contributed by atoms with Gasteiger partial charge in [0.1, 0.15) is 5.82 Å². The Balaban J connectivity index is 1.14. The highest BCUT2D eigenvalue weighted by atomic mass is 32.1. The van der Waals surface area contributed by atoms with Gasteiger partial charge in [-0.15, -0.1) is 11.3 Å². The van der Waals surface area contributed by atoms with Crippen molar-refractivity contribution in [1.82, 2.24) is 14.1 Å². The molecule has 0 aliphatic rings. The van der Waals surface area contributed by atoms with E-state index in [4.69, 9.17) is 4.98 Å². The predicted octanol–water partition coefficient (Wildman–Crippen LogP) is 13.5. The van der Waals surface area contributed by atoms with Crippen molar-refractivity contribution < 1.29 is 0 Å². The van der Waals surface area contributed by atoms with Crippen LogP contribution in [-0.4, -0.2) is 14.1 Å². The van der Waals surface area contributed by atoms with Crippen LogP contribution in [0.15, 0.2) is 188 Å². The van der Waals surface area contributed by atoms with Gasteiger partial charge in [0.15, 0.2) is 0 Å². The Bertz CT molecular complexity index is 3170. The van der Waals surface area contributed by atoms with Crippen molar-refractivity contribution >= 4 is 64.3 Å². The molecule has 8 aromatic carbocycles. The zero-order valence-corrected chi connectivity index (χ0v) is 29.5. The minimum atomic E-state index is 0.921. The largest absolute Gasteiger partial charge is 0.309 e. The van der Waals surface area contributed by atoms with E-state index in [-0.39, 0.29) is 0 Å². The highest BCUT2D eigenvalue weighted by Crippen LogP contribution is 2.43. The summed E-state index contributed by atoms with van der Waals surface area (Å²) in [5.74, 6) is 0.921. The number of nitrogens with zero attached hydrogens (tertiary/aromatic N) is 3. The second-order valence-electron chi connectivity index (χ2n) is 13.6. The van der Waals surface area contributed by atoms with Gasteiger partial charge in [-0.3, -0.25) is 4.57 Å². The van der Waals surface area contributed by atoms with Gasteiger partial charge in [0.05, 0.1) is 22.1 Å². The van der Waals surface area contributed by atoms with Gasteiger partial charge in [-0.2, -0.15) is 0 Å². The van der Waals surface area contributed by atoms with E-state index in [1.54, 1.807) is 0 Å². The maximum Gasteiger partial charge on any atom is 0.145 e. The number of imidazole rings is 1. The Morgan fingerprint density at radius 1 is 0.377 bits per heavy atom. The maximum absolute atomic E-state index is 5.19. The van der Waals surface area contributed by atoms with Gasteiger partial charge in [-0.25, -0.2) is 4.98 Å². The molecule has 0 N–H and O–H groups in total. The fourth-order valence-corrected chi connectivity index (χ4v) is 9.33. The van der Waals surface area contributed by atoms with E-state index < -0.39 is 0 Å². The number of para-hydroxylation sites is 3. The predicted molar refractivity (Wildman–Crippen MR) is 225 cm³/mol. The Morgan fingerprint density at radius 2 is 1.02 bits per heavy atom. The highest BCUT2D eigenvalue weighted by molar-refractivity contribution is 7.26. The zero-order valence-electron chi connectivity index (χ0n) is 28.6. The van der Waals surface area contributed by atoms with Crippen molar-refractivity contribution in [2.75, 3.05) is 0 Å². The molecule has 0 saturated carbocycles. The lowest BCUT2D eigenvalue weighted by molar-refractivity contribution is 1.10. The lowest BCUT2D eigenvalue weighted by atomic mass is 9.99. The average molecular weight is 694 g/mol. The monoisotopic (exact) mass is 693 g/mol. The van der Waals surface area contributed by atoms with E-state index in [0.29, 0.717) is 0 Å². The van der Waals surface area contributed by atoms with Crippen LogP contribution in [0.4, 0.5) is 0 Å². The third kappa shape index (κ3) is 4.77. The van der Waals surface area contributed by atoms with Crippen LogP contribution in [0.3, 0.4) is 0 Å². The molecular weight excluding hydrogens is 663 g/mol. The minimum absolute atomic E-state index is 0.921. The van der Waals surface area contributed by atoms with Crippen molar-refractivity contribution in [2.24, 2.45) is 0 Å². The van der Waals surface area contributed by atoms with Crippen LogP contribution >= 0.6 is 11.3 Å². The Kier molecular flexibility index (Phi) is 6.73. The molecule has 0 spiro atoms. The van der Waals surface area contributed by atoms with E-state index in [9.17, 15) is 0 Å². The molecule has 3 aromatic heterocycles. The van der Waals surface area contributed by atoms with Gasteiger partial charge in [-0.1, -0.05) is 121 Å². The Morgan fingerprint density at radius 3 is 1.87 bits per heavy atom. The molecule has 0 aliphatic heterocycles. The third-order valence-corrected chi connectivity index (χ3v) is 11.7. The first-order valence-electron chi connectivity index (χ1n) is 18.0. The summed E-state index contributed by atoms with van der Waals surface area (Å²) in [7, 11) is 0. The van der Waals surface area contributed by atoms with E-state index in [0.717, 1.165) is 33.8 Å². The molecule has 4 heteroatoms. The van der Waals surface area contributed by atoms with Gasteiger partial charge >= 0.3 is 0 Å². The molecule has 0 fully saturated rings. The fraction of sp³-hybridized carbons (Fsp3) is 0. The molecule has 0 saturated heterocycles. The lowest BCUT2D eigenvalue weighted by Crippen LogP contribution is -1.99. The van der Waals surface area contributed by atoms with Crippen molar-refractivity contribution in [1.29, 1.82) is 0 Å². The summed E-state index contributed by atoms with van der Waals surface area (Å²) in [4.78, 5) is 5.19. The van der Waals surface area contributed by atoms with Gasteiger partial charge in [0, 0.05) is 47.9 Å². The summed E-state index contributed by atoms with van der Waals surface area (Å²) in [6.45, 7) is 0. The quantitative estimate of drug-likeness (QED) is 0.176. The molecule has 248 valence electrons. The van der Waals surface area contributed by atoms with Gasteiger partial charge in [0.2, 0.25) is 0 Å². The second-order valence-corrected chi connectivity index (χ2v) is 14.6. The van der Waals surface area contributed by atoms with Gasteiger partial charge < -0.3 is 4.57 Å². The van der Waals surface area contributed by atoms with E-state index in [1.165, 1.54) is 64.2 Å². The van der Waals surface area contributed by atoms with Crippen LogP contribution in [0.1, 0.15) is 0 Å². The smallest absolute Gasteiger partial charge is 0.145 e. The maximum atomic E-state index is 5.19. The molecule has 0 unspecified atom stereocenters. The summed E-state index contributed by atoms with van der Waals surface area (Å²) in [5, 5.41) is 5.10. The summed E-state index contributed by atoms with van der Waals surface area (Å²) in [5.41, 5.74) is 12.6. The summed E-state index contributed by atoms with van der Waals surface area (Å²) < 4.78 is 7.34. The van der Waals surface area contributed by atoms with Crippen LogP contribution in [0, 0.1) is 0 Å². The SMILES string of the molecule is c1ccc(-c2ccc3c(c2)c2cc(-c4cccc5c4sc4ccccc45)ccc2n3-c2cccc(-c3nc4ccccc4n3-c3ccccc3)c2)cc1. The molecule has 0 aliphatic carbocycles. The number of hydrogen-bond acceptors (Lipinski definition) is 2. The molecule has 0 amide bonds. The van der Waals surface area contributed by atoms with Gasteiger partial charge in [-0.05, 0) is 89.0 Å². The fourth-order valence-electron chi connectivity index (χ4n) is 8.10. The number of rotatable bonds is 5. The van der Waals surface area contributed by atoms with Crippen LogP contribution in [0.2, 0.25) is 0 Å². The first-order valence-corrected chi connectivity index (χ1v) is 18.8. The topological polar surface area (TPSA) is 22.8 Å². The van der Waals surface area contributed by atoms with Gasteiger partial charge in [0.25, 0.3) is 0 Å². The average Bonchev–Trinajstić information content (AvgIpc) is 3.91. The minimum Gasteiger partial charge on any atom is -0.309 e. The van der Waals surface area contributed by atoms with Crippen LogP contribution in [-0.2, 0) is 0 Å². The second kappa shape index (κ2) is 11.9. The van der Waals surface area contributed by atoms with Crippen molar-refractivity contribution in [3.8, 4) is 45.0 Å². The van der Waals surface area contributed by atoms with Crippen molar-refractivity contribution in [3.05, 3.63) is 188 Å². The van der Waals surface area contributed by atoms with E-state index in [2.05, 4.69) is 197 Å². The summed E-state index contributed by atoms with van der Waals surface area (Å²) in [6, 6.07) is 67.8. The van der Waals surface area contributed by atoms with E-state index in [1.807, 2.05) is 11.3 Å².